The Morgan fingerprint density at radius 1 is 1.43 bits per heavy atom. The van der Waals surface area contributed by atoms with E-state index in [0.717, 1.165) is 30.8 Å². The van der Waals surface area contributed by atoms with Gasteiger partial charge in [0.15, 0.2) is 0 Å². The van der Waals surface area contributed by atoms with Gasteiger partial charge < -0.3 is 5.73 Å². The van der Waals surface area contributed by atoms with E-state index in [2.05, 4.69) is 12.1 Å². The number of halogens is 1. The van der Waals surface area contributed by atoms with Gasteiger partial charge in [-0.05, 0) is 43.0 Å². The van der Waals surface area contributed by atoms with Gasteiger partial charge in [0.2, 0.25) is 0 Å². The lowest BCUT2D eigenvalue weighted by molar-refractivity contribution is 0.830. The second-order valence-corrected chi connectivity index (χ2v) is 5.07. The summed E-state index contributed by atoms with van der Waals surface area (Å²) in [7, 11) is 0. The first kappa shape index (κ1) is 10.3. The van der Waals surface area contributed by atoms with Crippen LogP contribution >= 0.6 is 23.4 Å². The minimum atomic E-state index is 0.753. The highest BCUT2D eigenvalue weighted by molar-refractivity contribution is 7.99. The van der Waals surface area contributed by atoms with Gasteiger partial charge in [-0.25, -0.2) is 0 Å². The average Bonchev–Trinajstić information content (AvgIpc) is 2.63. The summed E-state index contributed by atoms with van der Waals surface area (Å²) in [6.45, 7) is 0.753. The van der Waals surface area contributed by atoms with Gasteiger partial charge >= 0.3 is 0 Å². The van der Waals surface area contributed by atoms with Crippen LogP contribution in [0, 0.1) is 0 Å². The number of rotatable bonds is 3. The molecule has 1 aliphatic heterocycles. The summed E-state index contributed by atoms with van der Waals surface area (Å²) in [5.41, 5.74) is 8.25. The quantitative estimate of drug-likeness (QED) is 0.860. The molecule has 1 aliphatic rings. The van der Waals surface area contributed by atoms with Crippen LogP contribution in [-0.2, 0) is 12.8 Å². The molecule has 0 spiro atoms. The first-order valence-electron chi connectivity index (χ1n) is 4.95. The van der Waals surface area contributed by atoms with E-state index in [0.29, 0.717) is 0 Å². The molecule has 2 rings (SSSR count). The average molecular weight is 228 g/mol. The second-order valence-electron chi connectivity index (χ2n) is 3.56. The molecule has 0 aromatic heterocycles. The van der Waals surface area contributed by atoms with Gasteiger partial charge in [-0.2, -0.15) is 0 Å². The predicted octanol–water partition coefficient (Wildman–Crippen LogP) is 2.88. The van der Waals surface area contributed by atoms with Gasteiger partial charge in [0.1, 0.15) is 0 Å². The van der Waals surface area contributed by atoms with Crippen LogP contribution in [0.4, 0.5) is 0 Å². The van der Waals surface area contributed by atoms with Crippen molar-refractivity contribution in [3.05, 3.63) is 28.3 Å². The van der Waals surface area contributed by atoms with Crippen LogP contribution in [0.3, 0.4) is 0 Å². The highest BCUT2D eigenvalue weighted by Crippen LogP contribution is 2.38. The van der Waals surface area contributed by atoms with Gasteiger partial charge in [-0.1, -0.05) is 17.7 Å². The zero-order valence-corrected chi connectivity index (χ0v) is 9.63. The smallest absolute Gasteiger partial charge is 0.0547 e. The van der Waals surface area contributed by atoms with Gasteiger partial charge in [0.25, 0.3) is 0 Å². The van der Waals surface area contributed by atoms with Crippen molar-refractivity contribution >= 4 is 23.4 Å². The maximum absolute atomic E-state index is 6.20. The third-order valence-corrected chi connectivity index (χ3v) is 4.06. The van der Waals surface area contributed by atoms with Crippen LogP contribution < -0.4 is 5.73 Å². The molecule has 0 amide bonds. The summed E-state index contributed by atoms with van der Waals surface area (Å²) in [5.74, 6) is 1.18. The molecule has 0 saturated carbocycles. The van der Waals surface area contributed by atoms with E-state index in [9.17, 15) is 0 Å². The SMILES string of the molecule is NCCCc1cc(Cl)c2c(c1)CCS2. The first-order valence-corrected chi connectivity index (χ1v) is 6.32. The molecule has 0 aliphatic carbocycles. The monoisotopic (exact) mass is 227 g/mol. The fraction of sp³-hybridized carbons (Fsp3) is 0.455. The molecule has 0 bridgehead atoms. The summed E-state index contributed by atoms with van der Waals surface area (Å²) in [6, 6.07) is 4.38. The fourth-order valence-electron chi connectivity index (χ4n) is 1.77. The number of thioether (sulfide) groups is 1. The number of hydrogen-bond donors (Lipinski definition) is 1. The molecule has 1 aromatic rings. The molecule has 2 N–H and O–H groups in total. The lowest BCUT2D eigenvalue weighted by atomic mass is 10.1. The molecule has 0 fully saturated rings. The zero-order valence-electron chi connectivity index (χ0n) is 8.05. The van der Waals surface area contributed by atoms with Crippen molar-refractivity contribution in [2.24, 2.45) is 5.73 Å². The van der Waals surface area contributed by atoms with Crippen molar-refractivity contribution in [2.45, 2.75) is 24.2 Å². The minimum Gasteiger partial charge on any atom is -0.330 e. The third-order valence-electron chi connectivity index (χ3n) is 2.47. The van der Waals surface area contributed by atoms with Crippen LogP contribution in [0.25, 0.3) is 0 Å². The number of fused-ring (bicyclic) bond motifs is 1. The van der Waals surface area contributed by atoms with Crippen molar-refractivity contribution in [3.63, 3.8) is 0 Å². The van der Waals surface area contributed by atoms with E-state index >= 15 is 0 Å². The van der Waals surface area contributed by atoms with Crippen molar-refractivity contribution in [2.75, 3.05) is 12.3 Å². The Labute approximate surface area is 94.0 Å². The Balaban J connectivity index is 2.23. The largest absolute Gasteiger partial charge is 0.330 e. The van der Waals surface area contributed by atoms with E-state index < -0.39 is 0 Å². The standard InChI is InChI=1S/C11H14ClNS/c12-10-7-8(2-1-4-13)6-9-3-5-14-11(9)10/h6-7H,1-5,13H2. The van der Waals surface area contributed by atoms with Crippen molar-refractivity contribution in [1.29, 1.82) is 0 Å². The normalized spacial score (nSPS) is 14.4. The zero-order chi connectivity index (χ0) is 9.97. The van der Waals surface area contributed by atoms with E-state index in [-0.39, 0.29) is 0 Å². The molecule has 0 unspecified atom stereocenters. The first-order chi connectivity index (χ1) is 6.81. The topological polar surface area (TPSA) is 26.0 Å². The van der Waals surface area contributed by atoms with Gasteiger partial charge in [0, 0.05) is 10.6 Å². The summed E-state index contributed by atoms with van der Waals surface area (Å²) < 4.78 is 0. The highest BCUT2D eigenvalue weighted by atomic mass is 35.5. The molecule has 0 saturated heterocycles. The Hall–Kier alpha value is -0.180. The van der Waals surface area contributed by atoms with E-state index in [4.69, 9.17) is 17.3 Å². The number of hydrogen-bond acceptors (Lipinski definition) is 2. The summed E-state index contributed by atoms with van der Waals surface area (Å²) in [5, 5.41) is 0.928. The van der Waals surface area contributed by atoms with Crippen LogP contribution in [0.15, 0.2) is 17.0 Å². The number of aryl methyl sites for hydroxylation is 2. The Bertz CT molecular complexity index is 338. The van der Waals surface area contributed by atoms with Gasteiger partial charge in [0.05, 0.1) is 5.02 Å². The Morgan fingerprint density at radius 2 is 2.29 bits per heavy atom. The van der Waals surface area contributed by atoms with E-state index in [1.54, 1.807) is 0 Å². The molecule has 1 aromatic carbocycles. The second kappa shape index (κ2) is 4.56. The third kappa shape index (κ3) is 2.08. The minimum absolute atomic E-state index is 0.753. The molecular weight excluding hydrogens is 214 g/mol. The van der Waals surface area contributed by atoms with Gasteiger partial charge in [-0.3, -0.25) is 0 Å². The predicted molar refractivity (Wildman–Crippen MR) is 63.3 cm³/mol. The number of benzene rings is 1. The molecule has 0 atom stereocenters. The van der Waals surface area contributed by atoms with Crippen molar-refractivity contribution in [1.82, 2.24) is 0 Å². The van der Waals surface area contributed by atoms with Crippen LogP contribution in [-0.4, -0.2) is 12.3 Å². The maximum Gasteiger partial charge on any atom is 0.0547 e. The lowest BCUT2D eigenvalue weighted by Gasteiger charge is -2.06. The molecule has 1 heterocycles. The summed E-state index contributed by atoms with van der Waals surface area (Å²) >= 11 is 8.07. The van der Waals surface area contributed by atoms with Crippen molar-refractivity contribution < 1.29 is 0 Å². The van der Waals surface area contributed by atoms with Crippen LogP contribution in [0.2, 0.25) is 5.02 Å². The molecule has 3 heteroatoms. The van der Waals surface area contributed by atoms with Crippen LogP contribution in [0.1, 0.15) is 17.5 Å². The maximum atomic E-state index is 6.20. The van der Waals surface area contributed by atoms with Crippen molar-refractivity contribution in [3.8, 4) is 0 Å². The highest BCUT2D eigenvalue weighted by Gasteiger charge is 2.15. The molecule has 76 valence electrons. The Kier molecular flexibility index (Phi) is 3.37. The summed E-state index contributed by atoms with van der Waals surface area (Å²) in [6.07, 6.45) is 3.26. The van der Waals surface area contributed by atoms with E-state index in [1.165, 1.54) is 21.8 Å². The number of nitrogens with two attached hydrogens (primary N) is 1. The fourth-order valence-corrected chi connectivity index (χ4v) is 3.27. The van der Waals surface area contributed by atoms with Crippen LogP contribution in [0.5, 0.6) is 0 Å². The molecule has 14 heavy (non-hydrogen) atoms. The van der Waals surface area contributed by atoms with Gasteiger partial charge in [-0.15, -0.1) is 11.8 Å². The molecular formula is C11H14ClNS. The molecule has 0 radical (unpaired) electrons. The van der Waals surface area contributed by atoms with E-state index in [1.807, 2.05) is 11.8 Å². The summed E-state index contributed by atoms with van der Waals surface area (Å²) in [4.78, 5) is 1.29. The Morgan fingerprint density at radius 3 is 3.07 bits per heavy atom. The lowest BCUT2D eigenvalue weighted by Crippen LogP contribution is -2.00. The molecule has 1 nitrogen and oxygen atoms in total.